The Morgan fingerprint density at radius 3 is 2.67 bits per heavy atom. The zero-order valence-electron chi connectivity index (χ0n) is 22.2. The number of nitrogens with zero attached hydrogens (tertiary/aromatic N) is 3. The molecule has 3 aromatic rings. The first kappa shape index (κ1) is 26.8. The van der Waals surface area contributed by atoms with Gasteiger partial charge in [0.1, 0.15) is 22.4 Å². The predicted molar refractivity (Wildman–Crippen MR) is 144 cm³/mol. The van der Waals surface area contributed by atoms with Crippen LogP contribution in [-0.2, 0) is 14.3 Å². The molecule has 0 radical (unpaired) electrons. The molecule has 0 bridgehead atoms. The zero-order valence-corrected chi connectivity index (χ0v) is 23.1. The molecule has 4 heterocycles. The zero-order chi connectivity index (χ0) is 28.0. The number of aliphatic hydroxyl groups is 1. The minimum atomic E-state index is -1.52. The van der Waals surface area contributed by atoms with E-state index in [0.29, 0.717) is 45.7 Å². The van der Waals surface area contributed by atoms with Crippen LogP contribution in [0, 0.1) is 6.92 Å². The summed E-state index contributed by atoms with van der Waals surface area (Å²) in [6, 6.07) is 7.54. The molecule has 1 aliphatic carbocycles. The molecular formula is C28H31N3O8S. The normalized spacial score (nSPS) is 21.3. The average Bonchev–Trinajstić information content (AvgIpc) is 3.42. The third-order valence-corrected chi connectivity index (χ3v) is 9.29. The number of carboxylic acids is 1. The van der Waals surface area contributed by atoms with E-state index in [0.717, 1.165) is 23.3 Å². The van der Waals surface area contributed by atoms with Crippen LogP contribution in [0.5, 0.6) is 5.75 Å². The van der Waals surface area contributed by atoms with E-state index in [1.54, 1.807) is 25.1 Å². The molecule has 11 nitrogen and oxygen atoms in total. The van der Waals surface area contributed by atoms with Gasteiger partial charge in [-0.3, -0.25) is 9.69 Å². The molecule has 6 rings (SSSR count). The van der Waals surface area contributed by atoms with Crippen LogP contribution in [0.25, 0.3) is 10.6 Å². The Bertz CT molecular complexity index is 1400. The number of aliphatic carboxylic acids is 1. The van der Waals surface area contributed by atoms with Crippen LogP contribution in [0.2, 0.25) is 0 Å². The monoisotopic (exact) mass is 569 g/mol. The summed E-state index contributed by atoms with van der Waals surface area (Å²) in [6.45, 7) is 3.12. The maximum Gasteiger partial charge on any atom is 0.329 e. The third-order valence-electron chi connectivity index (χ3n) is 7.94. The number of carboxylic acid groups (broad SMARTS) is 1. The SMILES string of the molecule is COc1ccccc1[C@H](CN1c2sc(-c3cnco3)c(C)c2C(=O)N(C2(C(=O)O)CC2)C1O)OC1CCOCC1. The number of aliphatic hydroxyl groups excluding tert-OH is 1. The number of fused-ring (bicyclic) bond motifs is 1. The highest BCUT2D eigenvalue weighted by atomic mass is 32.1. The van der Waals surface area contributed by atoms with Crippen molar-refractivity contribution in [2.24, 2.45) is 0 Å². The highest BCUT2D eigenvalue weighted by Crippen LogP contribution is 2.52. The average molecular weight is 570 g/mol. The van der Waals surface area contributed by atoms with Crippen LogP contribution >= 0.6 is 11.3 Å². The van der Waals surface area contributed by atoms with Crippen molar-refractivity contribution in [1.29, 1.82) is 0 Å². The van der Waals surface area contributed by atoms with Crippen LogP contribution in [-0.4, -0.2) is 76.8 Å². The van der Waals surface area contributed by atoms with E-state index in [9.17, 15) is 19.8 Å². The number of anilines is 1. The van der Waals surface area contributed by atoms with Gasteiger partial charge < -0.3 is 33.7 Å². The number of methoxy groups -OCH3 is 1. The van der Waals surface area contributed by atoms with Crippen molar-refractivity contribution in [3.8, 4) is 16.4 Å². The van der Waals surface area contributed by atoms with E-state index in [4.69, 9.17) is 18.6 Å². The summed E-state index contributed by atoms with van der Waals surface area (Å²) in [5.74, 6) is -0.526. The van der Waals surface area contributed by atoms with Gasteiger partial charge in [-0.1, -0.05) is 18.2 Å². The van der Waals surface area contributed by atoms with Crippen molar-refractivity contribution < 1.29 is 38.4 Å². The topological polar surface area (TPSA) is 135 Å². The van der Waals surface area contributed by atoms with Crippen LogP contribution in [0.4, 0.5) is 5.00 Å². The fraction of sp³-hybridized carbons (Fsp3) is 0.464. The molecular weight excluding hydrogens is 538 g/mol. The summed E-state index contributed by atoms with van der Waals surface area (Å²) in [5, 5.41) is 22.4. The summed E-state index contributed by atoms with van der Waals surface area (Å²) in [5.41, 5.74) is 0.314. The van der Waals surface area contributed by atoms with E-state index in [-0.39, 0.29) is 25.5 Å². The molecule has 12 heteroatoms. The minimum Gasteiger partial charge on any atom is -0.496 e. The largest absolute Gasteiger partial charge is 0.496 e. The van der Waals surface area contributed by atoms with Gasteiger partial charge in [-0.2, -0.15) is 0 Å². The van der Waals surface area contributed by atoms with E-state index in [1.807, 2.05) is 24.3 Å². The third kappa shape index (κ3) is 4.44. The molecule has 2 fully saturated rings. The molecule has 1 amide bonds. The lowest BCUT2D eigenvalue weighted by molar-refractivity contribution is -0.149. The number of amides is 1. The number of aromatic nitrogens is 1. The second-order valence-corrected chi connectivity index (χ2v) is 11.3. The number of hydrogen-bond donors (Lipinski definition) is 2. The lowest BCUT2D eigenvalue weighted by Crippen LogP contribution is -2.62. The molecule has 1 saturated carbocycles. The van der Waals surface area contributed by atoms with Gasteiger partial charge in [-0.05, 0) is 44.2 Å². The van der Waals surface area contributed by atoms with E-state index in [2.05, 4.69) is 4.98 Å². The van der Waals surface area contributed by atoms with Gasteiger partial charge >= 0.3 is 5.97 Å². The number of carbonyl (C=O) groups is 2. The van der Waals surface area contributed by atoms with E-state index < -0.39 is 29.9 Å². The van der Waals surface area contributed by atoms with Crippen LogP contribution < -0.4 is 9.64 Å². The van der Waals surface area contributed by atoms with Gasteiger partial charge in [0.25, 0.3) is 5.91 Å². The molecule has 1 saturated heterocycles. The van der Waals surface area contributed by atoms with Crippen LogP contribution in [0.1, 0.15) is 53.3 Å². The first-order chi connectivity index (χ1) is 19.4. The lowest BCUT2D eigenvalue weighted by Gasteiger charge is -2.45. The number of carbonyl (C=O) groups excluding carboxylic acids is 1. The van der Waals surface area contributed by atoms with Gasteiger partial charge in [0, 0.05) is 18.8 Å². The smallest absolute Gasteiger partial charge is 0.329 e. The molecule has 3 aliphatic rings. The summed E-state index contributed by atoms with van der Waals surface area (Å²) < 4.78 is 23.4. The predicted octanol–water partition coefficient (Wildman–Crippen LogP) is 3.81. The second-order valence-electron chi connectivity index (χ2n) is 10.3. The lowest BCUT2D eigenvalue weighted by atomic mass is 10.0. The molecule has 212 valence electrons. The van der Waals surface area contributed by atoms with Gasteiger partial charge in [0.2, 0.25) is 6.35 Å². The molecule has 0 spiro atoms. The van der Waals surface area contributed by atoms with E-state index in [1.165, 1.54) is 17.7 Å². The maximum absolute atomic E-state index is 13.9. The summed E-state index contributed by atoms with van der Waals surface area (Å²) in [4.78, 5) is 33.8. The molecule has 1 unspecified atom stereocenters. The molecule has 2 N–H and O–H groups in total. The molecule has 2 aromatic heterocycles. The molecule has 2 aliphatic heterocycles. The Labute approximate surface area is 234 Å². The van der Waals surface area contributed by atoms with Crippen molar-refractivity contribution in [3.63, 3.8) is 0 Å². The van der Waals surface area contributed by atoms with Gasteiger partial charge in [0.15, 0.2) is 12.2 Å². The Kier molecular flexibility index (Phi) is 7.03. The number of hydrogen-bond acceptors (Lipinski definition) is 10. The van der Waals surface area contributed by atoms with Crippen molar-refractivity contribution in [2.45, 2.75) is 56.7 Å². The number of para-hydroxylation sites is 1. The summed E-state index contributed by atoms with van der Waals surface area (Å²) in [7, 11) is 1.59. The first-order valence-corrected chi connectivity index (χ1v) is 14.1. The Morgan fingerprint density at radius 1 is 1.27 bits per heavy atom. The number of rotatable bonds is 9. The van der Waals surface area contributed by atoms with E-state index >= 15 is 0 Å². The molecule has 1 aromatic carbocycles. The fourth-order valence-corrected chi connectivity index (χ4v) is 6.90. The van der Waals surface area contributed by atoms with Gasteiger partial charge in [-0.15, -0.1) is 11.3 Å². The molecule has 40 heavy (non-hydrogen) atoms. The highest BCUT2D eigenvalue weighted by Gasteiger charge is 2.62. The fourth-order valence-electron chi connectivity index (χ4n) is 5.62. The van der Waals surface area contributed by atoms with Crippen molar-refractivity contribution >= 4 is 28.2 Å². The first-order valence-electron chi connectivity index (χ1n) is 13.3. The molecule has 2 atom stereocenters. The van der Waals surface area contributed by atoms with Crippen LogP contribution in [0.3, 0.4) is 0 Å². The Hall–Kier alpha value is -3.45. The van der Waals surface area contributed by atoms with Crippen LogP contribution in [0.15, 0.2) is 41.3 Å². The maximum atomic E-state index is 13.9. The van der Waals surface area contributed by atoms with Crippen molar-refractivity contribution in [2.75, 3.05) is 31.8 Å². The number of benzene rings is 1. The highest BCUT2D eigenvalue weighted by molar-refractivity contribution is 7.20. The summed E-state index contributed by atoms with van der Waals surface area (Å²) in [6.07, 6.45) is 2.70. The standard InChI is InChI=1S/C28H31N3O8S/c1-16-22-24(32)31(28(9-10-28)26(33)34)27(35)30(25(22)40-23(16)20-13-29-15-38-20)14-21(39-17-7-11-37-12-8-17)18-5-3-4-6-19(18)36-2/h3-6,13,15,17,21,27,35H,7-12,14H2,1-2H3,(H,33,34)/t21-,27?/m0/s1. The number of thiophene rings is 1. The quantitative estimate of drug-likeness (QED) is 0.392. The van der Waals surface area contributed by atoms with Gasteiger partial charge in [0.05, 0.1) is 36.4 Å². The van der Waals surface area contributed by atoms with Crippen molar-refractivity contribution in [1.82, 2.24) is 9.88 Å². The summed E-state index contributed by atoms with van der Waals surface area (Å²) >= 11 is 1.30. The van der Waals surface area contributed by atoms with Crippen molar-refractivity contribution in [3.05, 3.63) is 53.5 Å². The Balaban J connectivity index is 1.45. The number of oxazole rings is 1. The van der Waals surface area contributed by atoms with Gasteiger partial charge in [-0.25, -0.2) is 9.78 Å². The minimum absolute atomic E-state index is 0.0774. The number of ether oxygens (including phenoxy) is 3. The second kappa shape index (κ2) is 10.5. The Morgan fingerprint density at radius 2 is 2.02 bits per heavy atom.